The molecule has 1 aromatic carbocycles. The second-order valence-corrected chi connectivity index (χ2v) is 4.06. The number of halogens is 1. The molecule has 0 spiro atoms. The van der Waals surface area contributed by atoms with Gasteiger partial charge in [-0.05, 0) is 19.1 Å². The Morgan fingerprint density at radius 1 is 1.43 bits per heavy atom. The number of benzene rings is 1. The fourth-order valence-corrected chi connectivity index (χ4v) is 1.62. The van der Waals surface area contributed by atoms with E-state index in [0.717, 1.165) is 6.07 Å². The number of carbonyl (C=O) groups is 2. The molecular formula is C11H11FN6O3. The van der Waals surface area contributed by atoms with Gasteiger partial charge < -0.3 is 15.7 Å². The number of carbonyl (C=O) groups excluding carboxylic acids is 1. The Labute approximate surface area is 117 Å². The van der Waals surface area contributed by atoms with E-state index in [9.17, 15) is 14.0 Å². The number of urea groups is 1. The van der Waals surface area contributed by atoms with Crippen molar-refractivity contribution in [1.29, 1.82) is 0 Å². The molecule has 0 fully saturated rings. The van der Waals surface area contributed by atoms with E-state index in [4.69, 9.17) is 5.11 Å². The highest BCUT2D eigenvalue weighted by atomic mass is 19.1. The van der Waals surface area contributed by atoms with E-state index in [1.165, 1.54) is 12.1 Å². The summed E-state index contributed by atoms with van der Waals surface area (Å²) in [6.45, 7) is 1.61. The van der Waals surface area contributed by atoms with Crippen molar-refractivity contribution in [3.8, 4) is 0 Å². The first-order chi connectivity index (χ1) is 9.99. The first-order valence-corrected chi connectivity index (χ1v) is 5.81. The molecule has 0 radical (unpaired) electrons. The average Bonchev–Trinajstić information content (AvgIpc) is 2.91. The predicted octanol–water partition coefficient (Wildman–Crippen LogP) is 0.920. The minimum Gasteiger partial charge on any atom is -0.478 e. The third-order valence-electron chi connectivity index (χ3n) is 2.57. The van der Waals surface area contributed by atoms with Crippen molar-refractivity contribution in [3.63, 3.8) is 0 Å². The molecule has 1 aromatic heterocycles. The van der Waals surface area contributed by atoms with Crippen molar-refractivity contribution >= 4 is 17.7 Å². The summed E-state index contributed by atoms with van der Waals surface area (Å²) < 4.78 is 13.5. The quantitative estimate of drug-likeness (QED) is 0.662. The van der Waals surface area contributed by atoms with Gasteiger partial charge in [0.1, 0.15) is 11.4 Å². The Hall–Kier alpha value is -3.04. The molecule has 0 saturated carbocycles. The van der Waals surface area contributed by atoms with E-state index in [-0.39, 0.29) is 11.5 Å². The van der Waals surface area contributed by atoms with Crippen molar-refractivity contribution in [3.05, 3.63) is 35.4 Å². The average molecular weight is 294 g/mol. The number of aromatic carboxylic acids is 1. The Kier molecular flexibility index (Phi) is 4.07. The Balaban J connectivity index is 2.10. The van der Waals surface area contributed by atoms with Crippen molar-refractivity contribution in [2.45, 2.75) is 13.0 Å². The van der Waals surface area contributed by atoms with Crippen LogP contribution in [-0.2, 0) is 0 Å². The normalized spacial score (nSPS) is 11.7. The van der Waals surface area contributed by atoms with Crippen molar-refractivity contribution in [2.75, 3.05) is 5.32 Å². The molecule has 2 rings (SSSR count). The summed E-state index contributed by atoms with van der Waals surface area (Å²) in [5.41, 5.74) is -0.764. The lowest BCUT2D eigenvalue weighted by Gasteiger charge is -2.13. The van der Waals surface area contributed by atoms with Crippen LogP contribution in [0.4, 0.5) is 14.9 Å². The molecule has 0 bridgehead atoms. The van der Waals surface area contributed by atoms with Gasteiger partial charge in [0.25, 0.3) is 0 Å². The molecule has 110 valence electrons. The number of nitrogens with zero attached hydrogens (tertiary/aromatic N) is 3. The number of hydrogen-bond donors (Lipinski definition) is 4. The van der Waals surface area contributed by atoms with E-state index in [2.05, 4.69) is 31.3 Å². The number of tetrazole rings is 1. The number of aromatic nitrogens is 4. The third-order valence-corrected chi connectivity index (χ3v) is 2.57. The van der Waals surface area contributed by atoms with Gasteiger partial charge in [-0.3, -0.25) is 0 Å². The number of amides is 2. The van der Waals surface area contributed by atoms with Crippen LogP contribution in [-0.4, -0.2) is 37.7 Å². The zero-order chi connectivity index (χ0) is 15.4. The second kappa shape index (κ2) is 5.94. The van der Waals surface area contributed by atoms with Crippen LogP contribution in [0.25, 0.3) is 0 Å². The van der Waals surface area contributed by atoms with Gasteiger partial charge >= 0.3 is 12.0 Å². The number of hydrogen-bond acceptors (Lipinski definition) is 5. The van der Waals surface area contributed by atoms with Gasteiger partial charge in [-0.2, -0.15) is 5.21 Å². The minimum absolute atomic E-state index is 0.152. The SMILES string of the molecule is CC(NC(=O)Nc1cccc(F)c1C(=O)O)c1nn[nH]n1. The van der Waals surface area contributed by atoms with E-state index in [1.54, 1.807) is 6.92 Å². The molecule has 2 amide bonds. The number of aromatic amines is 1. The number of carboxylic acid groups (broad SMARTS) is 1. The molecule has 0 aliphatic rings. The molecule has 9 nitrogen and oxygen atoms in total. The minimum atomic E-state index is -1.48. The third kappa shape index (κ3) is 3.29. The molecule has 4 N–H and O–H groups in total. The van der Waals surface area contributed by atoms with Gasteiger partial charge in [-0.1, -0.05) is 11.3 Å². The lowest BCUT2D eigenvalue weighted by Crippen LogP contribution is -2.32. The first kappa shape index (κ1) is 14.4. The summed E-state index contributed by atoms with van der Waals surface area (Å²) in [4.78, 5) is 22.8. The van der Waals surface area contributed by atoms with Crippen molar-refractivity contribution in [1.82, 2.24) is 25.9 Å². The highest BCUT2D eigenvalue weighted by Gasteiger charge is 2.19. The maximum Gasteiger partial charge on any atom is 0.340 e. The van der Waals surface area contributed by atoms with Crippen molar-refractivity contribution in [2.24, 2.45) is 0 Å². The smallest absolute Gasteiger partial charge is 0.340 e. The Morgan fingerprint density at radius 2 is 2.19 bits per heavy atom. The van der Waals surface area contributed by atoms with Crippen LogP contribution < -0.4 is 10.6 Å². The largest absolute Gasteiger partial charge is 0.478 e. The summed E-state index contributed by atoms with van der Waals surface area (Å²) >= 11 is 0. The molecule has 0 aliphatic carbocycles. The number of anilines is 1. The van der Waals surface area contributed by atoms with Gasteiger partial charge in [0.2, 0.25) is 0 Å². The lowest BCUT2D eigenvalue weighted by atomic mass is 10.1. The van der Waals surface area contributed by atoms with Crippen LogP contribution in [0.5, 0.6) is 0 Å². The van der Waals surface area contributed by atoms with Gasteiger partial charge in [0.15, 0.2) is 5.82 Å². The van der Waals surface area contributed by atoms with E-state index in [1.807, 2.05) is 0 Å². The van der Waals surface area contributed by atoms with Crippen LogP contribution >= 0.6 is 0 Å². The molecule has 1 atom stereocenters. The Bertz CT molecular complexity index is 660. The molecule has 21 heavy (non-hydrogen) atoms. The van der Waals surface area contributed by atoms with Crippen LogP contribution in [0.2, 0.25) is 0 Å². The first-order valence-electron chi connectivity index (χ1n) is 5.81. The van der Waals surface area contributed by atoms with E-state index < -0.39 is 29.4 Å². The highest BCUT2D eigenvalue weighted by Crippen LogP contribution is 2.19. The van der Waals surface area contributed by atoms with Crippen LogP contribution in [0.15, 0.2) is 18.2 Å². The number of H-pyrrole nitrogens is 1. The molecule has 1 unspecified atom stereocenters. The topological polar surface area (TPSA) is 133 Å². The number of carboxylic acids is 1. The molecule has 2 aromatic rings. The number of rotatable bonds is 4. The van der Waals surface area contributed by atoms with Crippen molar-refractivity contribution < 1.29 is 19.1 Å². The molecular weight excluding hydrogens is 283 g/mol. The van der Waals surface area contributed by atoms with E-state index >= 15 is 0 Å². The lowest BCUT2D eigenvalue weighted by molar-refractivity contribution is 0.0693. The van der Waals surface area contributed by atoms with Gasteiger partial charge in [0.05, 0.1) is 11.7 Å². The van der Waals surface area contributed by atoms with Gasteiger partial charge in [-0.25, -0.2) is 14.0 Å². The fraction of sp³-hybridized carbons (Fsp3) is 0.182. The van der Waals surface area contributed by atoms with Crippen LogP contribution in [0.3, 0.4) is 0 Å². The summed E-state index contributed by atoms with van der Waals surface area (Å²) in [5, 5.41) is 26.7. The zero-order valence-corrected chi connectivity index (χ0v) is 10.8. The standard InChI is InChI=1S/C11H11FN6O3/c1-5(9-15-17-18-16-9)13-11(21)14-7-4-2-3-6(12)8(7)10(19)20/h2-5H,1H3,(H,19,20)(H2,13,14,21)(H,15,16,17,18). The maximum absolute atomic E-state index is 13.5. The molecule has 10 heteroatoms. The summed E-state index contributed by atoms with van der Waals surface area (Å²) in [6, 6.07) is 2.28. The van der Waals surface area contributed by atoms with E-state index in [0.29, 0.717) is 0 Å². The summed E-state index contributed by atoms with van der Waals surface area (Å²) in [6.07, 6.45) is 0. The summed E-state index contributed by atoms with van der Waals surface area (Å²) in [7, 11) is 0. The highest BCUT2D eigenvalue weighted by molar-refractivity contribution is 6.00. The monoisotopic (exact) mass is 294 g/mol. The van der Waals surface area contributed by atoms with Gasteiger partial charge in [-0.15, -0.1) is 10.2 Å². The molecule has 0 aliphatic heterocycles. The second-order valence-electron chi connectivity index (χ2n) is 4.06. The van der Waals surface area contributed by atoms with Crippen LogP contribution in [0, 0.1) is 5.82 Å². The fourth-order valence-electron chi connectivity index (χ4n) is 1.62. The van der Waals surface area contributed by atoms with Crippen LogP contribution in [0.1, 0.15) is 29.1 Å². The predicted molar refractivity (Wildman–Crippen MR) is 68.1 cm³/mol. The zero-order valence-electron chi connectivity index (χ0n) is 10.8. The Morgan fingerprint density at radius 3 is 2.81 bits per heavy atom. The molecule has 0 saturated heterocycles. The summed E-state index contributed by atoms with van der Waals surface area (Å²) in [5.74, 6) is -2.16. The number of nitrogens with one attached hydrogen (secondary N) is 3. The van der Waals surface area contributed by atoms with Gasteiger partial charge in [0, 0.05) is 0 Å². The maximum atomic E-state index is 13.5. The molecule has 1 heterocycles.